The molecule has 3 N–H and O–H groups in total. The van der Waals surface area contributed by atoms with Crippen LogP contribution in [-0.4, -0.2) is 25.2 Å². The van der Waals surface area contributed by atoms with Crippen molar-refractivity contribution in [1.82, 2.24) is 0 Å². The average molecular weight is 391 g/mol. The number of anilines is 1. The van der Waals surface area contributed by atoms with Gasteiger partial charge in [0.05, 0.1) is 6.10 Å². The van der Waals surface area contributed by atoms with Crippen molar-refractivity contribution in [3.63, 3.8) is 0 Å². The van der Waals surface area contributed by atoms with Crippen molar-refractivity contribution in [1.29, 1.82) is 0 Å². The van der Waals surface area contributed by atoms with E-state index in [1.807, 2.05) is 37.3 Å². The number of nitrogens with two attached hydrogens (primary N) is 1. The molecule has 5 heteroatoms. The third kappa shape index (κ3) is 7.69. The van der Waals surface area contributed by atoms with Crippen molar-refractivity contribution >= 4 is 35.6 Å². The van der Waals surface area contributed by atoms with Crippen LogP contribution in [0.4, 0.5) is 5.69 Å². The maximum Gasteiger partial charge on any atom is 0.193 e. The topological polar surface area (TPSA) is 59.6 Å². The van der Waals surface area contributed by atoms with E-state index in [1.54, 1.807) is 0 Å². The number of guanidine groups is 1. The molecule has 1 rings (SSSR count). The minimum absolute atomic E-state index is 0. The van der Waals surface area contributed by atoms with Crippen LogP contribution in [-0.2, 0) is 4.74 Å². The first-order valence-electron chi connectivity index (χ1n) is 6.87. The summed E-state index contributed by atoms with van der Waals surface area (Å²) in [6.07, 6.45) is 1.14. The van der Waals surface area contributed by atoms with Gasteiger partial charge in [-0.3, -0.25) is 4.99 Å². The van der Waals surface area contributed by atoms with Gasteiger partial charge < -0.3 is 15.8 Å². The zero-order valence-electron chi connectivity index (χ0n) is 12.5. The van der Waals surface area contributed by atoms with Crippen molar-refractivity contribution in [3.05, 3.63) is 30.3 Å². The number of aliphatic imine (C=N–C) groups is 1. The molecule has 0 aliphatic heterocycles. The largest absolute Gasteiger partial charge is 0.378 e. The van der Waals surface area contributed by atoms with Gasteiger partial charge >= 0.3 is 0 Å². The smallest absolute Gasteiger partial charge is 0.193 e. The van der Waals surface area contributed by atoms with Gasteiger partial charge in [-0.1, -0.05) is 32.0 Å². The van der Waals surface area contributed by atoms with Gasteiger partial charge in [-0.25, -0.2) is 0 Å². The minimum atomic E-state index is 0. The fourth-order valence-corrected chi connectivity index (χ4v) is 1.84. The number of ether oxygens (including phenoxy) is 1. The molecule has 1 unspecified atom stereocenters. The lowest BCUT2D eigenvalue weighted by Crippen LogP contribution is -2.25. The molecule has 20 heavy (non-hydrogen) atoms. The summed E-state index contributed by atoms with van der Waals surface area (Å²) in [4.78, 5) is 4.33. The fourth-order valence-electron chi connectivity index (χ4n) is 1.84. The van der Waals surface area contributed by atoms with Crippen LogP contribution in [0.25, 0.3) is 0 Å². The molecule has 0 fully saturated rings. The van der Waals surface area contributed by atoms with Gasteiger partial charge in [-0.2, -0.15) is 0 Å². The molecule has 0 aliphatic carbocycles. The summed E-state index contributed by atoms with van der Waals surface area (Å²) in [5, 5.41) is 3.06. The Morgan fingerprint density at radius 3 is 2.50 bits per heavy atom. The molecule has 4 nitrogen and oxygen atoms in total. The van der Waals surface area contributed by atoms with Gasteiger partial charge in [0.25, 0.3) is 0 Å². The van der Waals surface area contributed by atoms with E-state index >= 15 is 0 Å². The van der Waals surface area contributed by atoms with Gasteiger partial charge in [0.1, 0.15) is 0 Å². The summed E-state index contributed by atoms with van der Waals surface area (Å²) in [5.41, 5.74) is 6.79. The van der Waals surface area contributed by atoms with Crippen molar-refractivity contribution in [2.24, 2.45) is 16.6 Å². The van der Waals surface area contributed by atoms with Crippen molar-refractivity contribution in [2.45, 2.75) is 33.3 Å². The Kier molecular flexibility index (Phi) is 10.5. The molecule has 114 valence electrons. The maximum atomic E-state index is 5.84. The van der Waals surface area contributed by atoms with Crippen LogP contribution in [0.1, 0.15) is 27.2 Å². The SMILES string of the molecule is CCOC(CCN=C(N)Nc1ccccc1)C(C)C.I. The molecule has 0 aliphatic rings. The number of rotatable bonds is 7. The van der Waals surface area contributed by atoms with Gasteiger partial charge in [0.2, 0.25) is 0 Å². The van der Waals surface area contributed by atoms with E-state index in [4.69, 9.17) is 10.5 Å². The number of nitrogens with one attached hydrogen (secondary N) is 1. The summed E-state index contributed by atoms with van der Waals surface area (Å²) in [7, 11) is 0. The molecule has 0 saturated heterocycles. The standard InChI is InChI=1S/C15H25N3O.HI/c1-4-19-14(12(2)3)10-11-17-15(16)18-13-8-6-5-7-9-13;/h5-9,12,14H,4,10-11H2,1-3H3,(H3,16,17,18);1H. The molecule has 0 saturated carbocycles. The molecular weight excluding hydrogens is 365 g/mol. The zero-order valence-corrected chi connectivity index (χ0v) is 14.8. The fraction of sp³-hybridized carbons (Fsp3) is 0.533. The highest BCUT2D eigenvalue weighted by Gasteiger charge is 2.12. The lowest BCUT2D eigenvalue weighted by atomic mass is 10.0. The molecule has 0 amide bonds. The summed E-state index contributed by atoms with van der Waals surface area (Å²) >= 11 is 0. The van der Waals surface area contributed by atoms with Crippen LogP contribution in [0.3, 0.4) is 0 Å². The number of halogens is 1. The predicted octanol–water partition coefficient (Wildman–Crippen LogP) is 3.48. The minimum Gasteiger partial charge on any atom is -0.378 e. The Labute approximate surface area is 139 Å². The third-order valence-electron chi connectivity index (χ3n) is 2.87. The van der Waals surface area contributed by atoms with E-state index < -0.39 is 0 Å². The molecule has 0 aromatic heterocycles. The average Bonchev–Trinajstić information content (AvgIpc) is 2.38. The van der Waals surface area contributed by atoms with Crippen LogP contribution in [0.5, 0.6) is 0 Å². The van der Waals surface area contributed by atoms with Crippen molar-refractivity contribution in [2.75, 3.05) is 18.5 Å². The van der Waals surface area contributed by atoms with Crippen LogP contribution in [0.15, 0.2) is 35.3 Å². The second kappa shape index (κ2) is 10.9. The van der Waals surface area contributed by atoms with Gasteiger partial charge in [-0.15, -0.1) is 24.0 Å². The lowest BCUT2D eigenvalue weighted by Gasteiger charge is -2.19. The van der Waals surface area contributed by atoms with Gasteiger partial charge in [0.15, 0.2) is 5.96 Å². The highest BCUT2D eigenvalue weighted by molar-refractivity contribution is 14.0. The first-order chi connectivity index (χ1) is 9.13. The van der Waals surface area contributed by atoms with Gasteiger partial charge in [-0.05, 0) is 31.4 Å². The highest BCUT2D eigenvalue weighted by Crippen LogP contribution is 2.11. The molecule has 0 heterocycles. The second-order valence-corrected chi connectivity index (χ2v) is 4.78. The molecule has 1 aromatic rings. The Morgan fingerprint density at radius 1 is 1.30 bits per heavy atom. The molecule has 1 atom stereocenters. The van der Waals surface area contributed by atoms with Crippen molar-refractivity contribution in [3.8, 4) is 0 Å². The predicted molar refractivity (Wildman–Crippen MR) is 96.8 cm³/mol. The van der Waals surface area contributed by atoms with E-state index in [0.717, 1.165) is 18.7 Å². The van der Waals surface area contributed by atoms with E-state index in [9.17, 15) is 0 Å². The van der Waals surface area contributed by atoms with Crippen LogP contribution in [0.2, 0.25) is 0 Å². The van der Waals surface area contributed by atoms with Crippen LogP contribution >= 0.6 is 24.0 Å². The van der Waals surface area contributed by atoms with Crippen molar-refractivity contribution < 1.29 is 4.74 Å². The van der Waals surface area contributed by atoms with E-state index in [-0.39, 0.29) is 30.1 Å². The van der Waals surface area contributed by atoms with Crippen LogP contribution < -0.4 is 11.1 Å². The summed E-state index contributed by atoms with van der Waals surface area (Å²) < 4.78 is 5.67. The number of benzene rings is 1. The van der Waals surface area contributed by atoms with E-state index in [2.05, 4.69) is 24.2 Å². The Balaban J connectivity index is 0.00000361. The Hall–Kier alpha value is -0.820. The maximum absolute atomic E-state index is 5.84. The van der Waals surface area contributed by atoms with E-state index in [0.29, 0.717) is 18.4 Å². The number of para-hydroxylation sites is 1. The summed E-state index contributed by atoms with van der Waals surface area (Å²) in [6.45, 7) is 7.76. The van der Waals surface area contributed by atoms with Gasteiger partial charge in [0, 0.05) is 18.8 Å². The molecular formula is C15H26IN3O. The molecule has 0 spiro atoms. The first-order valence-corrected chi connectivity index (χ1v) is 6.87. The summed E-state index contributed by atoms with van der Waals surface area (Å²) in [6, 6.07) is 9.80. The lowest BCUT2D eigenvalue weighted by molar-refractivity contribution is 0.0266. The molecule has 0 bridgehead atoms. The highest BCUT2D eigenvalue weighted by atomic mass is 127. The Bertz CT molecular complexity index is 382. The van der Waals surface area contributed by atoms with E-state index in [1.165, 1.54) is 0 Å². The Morgan fingerprint density at radius 2 is 1.95 bits per heavy atom. The van der Waals surface area contributed by atoms with Crippen LogP contribution in [0, 0.1) is 5.92 Å². The molecule has 1 aromatic carbocycles. The monoisotopic (exact) mass is 391 g/mol. The zero-order chi connectivity index (χ0) is 14.1. The summed E-state index contributed by atoms with van der Waals surface area (Å²) in [5.74, 6) is 0.948. The third-order valence-corrected chi connectivity index (χ3v) is 2.87. The molecule has 0 radical (unpaired) electrons. The number of hydrogen-bond donors (Lipinski definition) is 2. The normalized spacial score (nSPS) is 12.9. The second-order valence-electron chi connectivity index (χ2n) is 4.78. The number of nitrogens with zero attached hydrogens (tertiary/aromatic N) is 1. The first kappa shape index (κ1) is 19.2. The quantitative estimate of drug-likeness (QED) is 0.425. The number of hydrogen-bond acceptors (Lipinski definition) is 2.